The lowest BCUT2D eigenvalue weighted by molar-refractivity contribution is -0.140. The van der Waals surface area contributed by atoms with E-state index in [0.717, 1.165) is 31.5 Å². The first-order chi connectivity index (χ1) is 16.5. The van der Waals surface area contributed by atoms with Gasteiger partial charge in [-0.1, -0.05) is 18.2 Å². The summed E-state index contributed by atoms with van der Waals surface area (Å²) in [6.45, 7) is 12.2. The average molecular weight is 489 g/mol. The molecule has 7 nitrogen and oxygen atoms in total. The fourth-order valence-electron chi connectivity index (χ4n) is 4.60. The molecule has 1 aliphatic carbocycles. The molecule has 3 atom stereocenters. The van der Waals surface area contributed by atoms with Crippen LogP contribution in [-0.4, -0.2) is 90.7 Å². The van der Waals surface area contributed by atoms with Crippen molar-refractivity contribution in [1.29, 1.82) is 0 Å². The quantitative estimate of drug-likeness (QED) is 0.482. The van der Waals surface area contributed by atoms with E-state index in [0.29, 0.717) is 37.5 Å². The highest BCUT2D eigenvalue weighted by atomic mass is 19.1. The van der Waals surface area contributed by atoms with Gasteiger partial charge in [-0.25, -0.2) is 9.18 Å². The van der Waals surface area contributed by atoms with Crippen molar-refractivity contribution >= 4 is 12.0 Å². The van der Waals surface area contributed by atoms with Gasteiger partial charge in [0.2, 0.25) is 5.91 Å². The normalized spacial score (nSPS) is 21.0. The maximum atomic E-state index is 13.3. The van der Waals surface area contributed by atoms with Crippen molar-refractivity contribution in [2.75, 3.05) is 40.3 Å². The lowest BCUT2D eigenvalue weighted by atomic mass is 10.0. The molecular weight excluding hydrogens is 447 g/mol. The number of alkyl carbamates (subject to hydrolysis) is 1. The van der Waals surface area contributed by atoms with Gasteiger partial charge in [0.15, 0.2) is 0 Å². The predicted molar refractivity (Wildman–Crippen MR) is 136 cm³/mol. The van der Waals surface area contributed by atoms with Crippen LogP contribution < -0.4 is 5.32 Å². The number of hydrogen-bond donors (Lipinski definition) is 1. The van der Waals surface area contributed by atoms with Crippen LogP contribution in [-0.2, 0) is 9.53 Å². The summed E-state index contributed by atoms with van der Waals surface area (Å²) in [5, 5.41) is 2.82. The summed E-state index contributed by atoms with van der Waals surface area (Å²) in [6, 6.07) is 6.85. The Balaban J connectivity index is 1.57. The lowest BCUT2D eigenvalue weighted by Crippen LogP contribution is -2.63. The molecule has 8 heteroatoms. The molecule has 1 aromatic rings. The number of rotatable bonds is 11. The zero-order chi connectivity index (χ0) is 25.8. The van der Waals surface area contributed by atoms with Gasteiger partial charge >= 0.3 is 6.09 Å². The SMILES string of the molecule is C=CCN(CCC[C@@H](NC(=O)OC(C)(C)C)C(=O)N1CC(N(C)C)C1)C1C[C@H]1c1ccc(F)cc1. The topological polar surface area (TPSA) is 65.1 Å². The van der Waals surface area contributed by atoms with Crippen molar-refractivity contribution < 1.29 is 18.7 Å². The zero-order valence-corrected chi connectivity index (χ0v) is 21.8. The van der Waals surface area contributed by atoms with E-state index in [-0.39, 0.29) is 11.7 Å². The van der Waals surface area contributed by atoms with Crippen LogP contribution in [0.2, 0.25) is 0 Å². The molecule has 1 aliphatic heterocycles. The molecule has 1 saturated heterocycles. The summed E-state index contributed by atoms with van der Waals surface area (Å²) in [4.78, 5) is 31.9. The van der Waals surface area contributed by atoms with Crippen LogP contribution in [0.4, 0.5) is 9.18 Å². The number of hydrogen-bond acceptors (Lipinski definition) is 5. The van der Waals surface area contributed by atoms with Crippen molar-refractivity contribution in [3.05, 3.63) is 48.3 Å². The minimum absolute atomic E-state index is 0.0557. The van der Waals surface area contributed by atoms with Crippen LogP contribution in [0, 0.1) is 5.82 Å². The molecule has 1 aromatic carbocycles. The Morgan fingerprint density at radius 1 is 1.26 bits per heavy atom. The van der Waals surface area contributed by atoms with Crippen molar-refractivity contribution in [3.8, 4) is 0 Å². The van der Waals surface area contributed by atoms with Gasteiger partial charge in [-0.2, -0.15) is 0 Å². The largest absolute Gasteiger partial charge is 0.444 e. The van der Waals surface area contributed by atoms with Crippen LogP contribution in [0.25, 0.3) is 0 Å². The van der Waals surface area contributed by atoms with E-state index in [1.165, 1.54) is 12.1 Å². The van der Waals surface area contributed by atoms with Crippen LogP contribution in [0.15, 0.2) is 36.9 Å². The van der Waals surface area contributed by atoms with Gasteiger partial charge in [-0.3, -0.25) is 9.69 Å². The van der Waals surface area contributed by atoms with Gasteiger partial charge in [-0.05, 0) is 78.4 Å². The summed E-state index contributed by atoms with van der Waals surface area (Å²) >= 11 is 0. The van der Waals surface area contributed by atoms with E-state index in [1.807, 2.05) is 32.3 Å². The Kier molecular flexibility index (Phi) is 8.94. The number of carbonyl (C=O) groups is 2. The predicted octanol–water partition coefficient (Wildman–Crippen LogP) is 3.62. The Morgan fingerprint density at radius 3 is 2.49 bits per heavy atom. The first-order valence-electron chi connectivity index (χ1n) is 12.5. The Hall–Kier alpha value is -2.45. The Bertz CT molecular complexity index is 877. The summed E-state index contributed by atoms with van der Waals surface area (Å²) < 4.78 is 18.7. The Morgan fingerprint density at radius 2 is 1.91 bits per heavy atom. The highest BCUT2D eigenvalue weighted by Gasteiger charge is 2.42. The second kappa shape index (κ2) is 11.5. The fraction of sp³-hybridized carbons (Fsp3) is 0.630. The monoisotopic (exact) mass is 488 g/mol. The number of nitrogens with zero attached hydrogens (tertiary/aromatic N) is 3. The number of ether oxygens (including phenoxy) is 1. The second-order valence-corrected chi connectivity index (χ2v) is 10.9. The summed E-state index contributed by atoms with van der Waals surface area (Å²) in [7, 11) is 4.02. The third-order valence-electron chi connectivity index (χ3n) is 6.72. The lowest BCUT2D eigenvalue weighted by Gasteiger charge is -2.44. The minimum atomic E-state index is -0.632. The number of nitrogens with one attached hydrogen (secondary N) is 1. The first-order valence-corrected chi connectivity index (χ1v) is 12.5. The van der Waals surface area contributed by atoms with Crippen LogP contribution in [0.1, 0.15) is 51.5 Å². The molecule has 194 valence electrons. The molecule has 0 aromatic heterocycles. The fourth-order valence-corrected chi connectivity index (χ4v) is 4.60. The van der Waals surface area contributed by atoms with Gasteiger partial charge in [0.05, 0.1) is 0 Å². The first kappa shape index (κ1) is 27.1. The summed E-state index contributed by atoms with van der Waals surface area (Å²) in [5.74, 6) is 0.109. The standard InChI is InChI=1S/C27H41FN4O3/c1-7-14-31(24-16-22(24)19-10-12-20(28)13-11-19)15-8-9-23(29-26(34)35-27(2,3)4)25(33)32-17-21(18-32)30(5)6/h7,10-13,21-24H,1,8-9,14-18H2,2-6H3,(H,29,34)/t22-,23+,24?/m0/s1. The van der Waals surface area contributed by atoms with Gasteiger partial charge in [0.1, 0.15) is 17.5 Å². The van der Waals surface area contributed by atoms with E-state index in [2.05, 4.69) is 21.7 Å². The van der Waals surface area contributed by atoms with E-state index >= 15 is 0 Å². The molecule has 2 aliphatic rings. The highest BCUT2D eigenvalue weighted by Crippen LogP contribution is 2.44. The summed E-state index contributed by atoms with van der Waals surface area (Å²) in [5.41, 5.74) is 0.519. The van der Waals surface area contributed by atoms with Gasteiger partial charge in [0.25, 0.3) is 0 Å². The number of benzene rings is 1. The van der Waals surface area contributed by atoms with Crippen molar-refractivity contribution in [2.24, 2.45) is 0 Å². The molecule has 1 unspecified atom stereocenters. The molecular formula is C27H41FN4O3. The smallest absolute Gasteiger partial charge is 0.408 e. The third kappa shape index (κ3) is 7.77. The zero-order valence-electron chi connectivity index (χ0n) is 21.8. The van der Waals surface area contributed by atoms with E-state index in [9.17, 15) is 14.0 Å². The minimum Gasteiger partial charge on any atom is -0.444 e. The second-order valence-electron chi connectivity index (χ2n) is 10.9. The van der Waals surface area contributed by atoms with E-state index in [4.69, 9.17) is 4.74 Å². The molecule has 2 fully saturated rings. The molecule has 2 amide bonds. The maximum Gasteiger partial charge on any atom is 0.408 e. The molecule has 35 heavy (non-hydrogen) atoms. The van der Waals surface area contributed by atoms with Crippen LogP contribution in [0.5, 0.6) is 0 Å². The van der Waals surface area contributed by atoms with Gasteiger partial charge in [-0.15, -0.1) is 6.58 Å². The maximum absolute atomic E-state index is 13.3. The highest BCUT2D eigenvalue weighted by molar-refractivity contribution is 5.86. The van der Waals surface area contributed by atoms with Crippen molar-refractivity contribution in [2.45, 2.75) is 69.7 Å². The molecule has 3 rings (SSSR count). The third-order valence-corrected chi connectivity index (χ3v) is 6.72. The van der Waals surface area contributed by atoms with Crippen molar-refractivity contribution in [1.82, 2.24) is 20.0 Å². The number of halogens is 1. The molecule has 0 bridgehead atoms. The van der Waals surface area contributed by atoms with Crippen molar-refractivity contribution in [3.63, 3.8) is 0 Å². The van der Waals surface area contributed by atoms with Crippen LogP contribution >= 0.6 is 0 Å². The number of amides is 2. The summed E-state index contributed by atoms with van der Waals surface area (Å²) in [6.07, 6.45) is 3.63. The average Bonchev–Trinajstić information content (AvgIpc) is 3.50. The van der Waals surface area contributed by atoms with E-state index < -0.39 is 17.7 Å². The van der Waals surface area contributed by atoms with Gasteiger partial charge in [0, 0.05) is 37.6 Å². The van der Waals surface area contributed by atoms with Crippen LogP contribution in [0.3, 0.4) is 0 Å². The number of likely N-dealkylation sites (N-methyl/N-ethyl adjacent to an activating group) is 1. The molecule has 1 N–H and O–H groups in total. The number of likely N-dealkylation sites (tertiary alicyclic amines) is 1. The Labute approximate surface area is 209 Å². The van der Waals surface area contributed by atoms with E-state index in [1.54, 1.807) is 25.7 Å². The molecule has 1 saturated carbocycles. The number of carbonyl (C=O) groups excluding carboxylic acids is 2. The molecule has 1 heterocycles. The van der Waals surface area contributed by atoms with Gasteiger partial charge < -0.3 is 19.9 Å². The molecule has 0 radical (unpaired) electrons. The molecule has 0 spiro atoms.